The first-order valence-electron chi connectivity index (χ1n) is 5.91. The van der Waals surface area contributed by atoms with Crippen molar-refractivity contribution in [1.82, 2.24) is 0 Å². The van der Waals surface area contributed by atoms with Gasteiger partial charge in [-0.1, -0.05) is 43.9 Å². The lowest BCUT2D eigenvalue weighted by Gasteiger charge is -2.16. The zero-order chi connectivity index (χ0) is 11.0. The molecule has 0 aliphatic rings. The normalized spacial score (nSPS) is 12.3. The van der Waals surface area contributed by atoms with Gasteiger partial charge in [-0.05, 0) is 39.0 Å². The van der Waals surface area contributed by atoms with E-state index in [0.29, 0.717) is 0 Å². The largest absolute Gasteiger partial charge is 0.103 e. The molecule has 0 heteroatoms. The van der Waals surface area contributed by atoms with Crippen LogP contribution in [-0.2, 0) is 0 Å². The highest BCUT2D eigenvalue weighted by Crippen LogP contribution is 2.24. The summed E-state index contributed by atoms with van der Waals surface area (Å²) in [4.78, 5) is 0. The third-order valence-corrected chi connectivity index (χ3v) is 2.87. The summed E-state index contributed by atoms with van der Waals surface area (Å²) in [6, 6.07) is 0. The molecule has 82 valence electrons. The molecule has 0 nitrogen and oxygen atoms in total. The molecule has 0 N–H and O–H groups in total. The smallest absolute Gasteiger partial charge is 0.0286 e. The van der Waals surface area contributed by atoms with Crippen molar-refractivity contribution in [3.63, 3.8) is 0 Å². The highest BCUT2D eigenvalue weighted by atomic mass is 14.1. The van der Waals surface area contributed by atoms with E-state index < -0.39 is 0 Å². The highest BCUT2D eigenvalue weighted by molar-refractivity contribution is 5.10. The van der Waals surface area contributed by atoms with Crippen molar-refractivity contribution >= 4 is 0 Å². The Hall–Kier alpha value is -0.520. The lowest BCUT2D eigenvalue weighted by molar-refractivity contribution is 0.501. The van der Waals surface area contributed by atoms with Gasteiger partial charge < -0.3 is 0 Å². The Kier molecular flexibility index (Phi) is 7.55. The second kappa shape index (κ2) is 7.84. The fourth-order valence-corrected chi connectivity index (χ4v) is 1.84. The van der Waals surface area contributed by atoms with E-state index in [-0.39, 0.29) is 0 Å². The van der Waals surface area contributed by atoms with Gasteiger partial charge in [-0.2, -0.15) is 0 Å². The Morgan fingerprint density at radius 1 is 1.29 bits per heavy atom. The van der Waals surface area contributed by atoms with E-state index >= 15 is 0 Å². The molecule has 0 aromatic rings. The number of hydrogen-bond acceptors (Lipinski definition) is 0. The summed E-state index contributed by atoms with van der Waals surface area (Å²) in [5.41, 5.74) is 3.19. The maximum Gasteiger partial charge on any atom is -0.0286 e. The predicted octanol–water partition coefficient (Wildman–Crippen LogP) is 5.12. The molecule has 1 unspecified atom stereocenters. The van der Waals surface area contributed by atoms with Crippen LogP contribution in [0.1, 0.15) is 59.8 Å². The molecule has 0 aromatic heterocycles. The minimum atomic E-state index is 0.809. The van der Waals surface area contributed by atoms with E-state index in [2.05, 4.69) is 40.3 Å². The quantitative estimate of drug-likeness (QED) is 0.494. The van der Waals surface area contributed by atoms with E-state index in [1.54, 1.807) is 5.57 Å². The van der Waals surface area contributed by atoms with E-state index in [0.717, 1.165) is 12.3 Å². The molecule has 0 bridgehead atoms. The first-order valence-corrected chi connectivity index (χ1v) is 5.91. The summed E-state index contributed by atoms with van der Waals surface area (Å²) in [6.45, 7) is 12.9. The summed E-state index contributed by atoms with van der Waals surface area (Å²) >= 11 is 0. The standard InChI is InChI=1S/C14H26/c1-6-9-13(8-3)11-14(10-7-2)12(4)5/h6,13H,1,7-11H2,2-5H3. The third kappa shape index (κ3) is 5.26. The van der Waals surface area contributed by atoms with Crippen LogP contribution in [0.2, 0.25) is 0 Å². The maximum absolute atomic E-state index is 3.83. The molecular formula is C14H26. The minimum absolute atomic E-state index is 0.809. The van der Waals surface area contributed by atoms with Gasteiger partial charge in [0.15, 0.2) is 0 Å². The van der Waals surface area contributed by atoms with E-state index in [4.69, 9.17) is 0 Å². The first-order chi connectivity index (χ1) is 6.65. The van der Waals surface area contributed by atoms with Crippen LogP contribution in [0, 0.1) is 5.92 Å². The lowest BCUT2D eigenvalue weighted by atomic mass is 9.90. The average Bonchev–Trinajstić information content (AvgIpc) is 2.15. The van der Waals surface area contributed by atoms with Crippen LogP contribution in [0.5, 0.6) is 0 Å². The molecule has 1 atom stereocenters. The lowest BCUT2D eigenvalue weighted by Crippen LogP contribution is -2.00. The predicted molar refractivity (Wildman–Crippen MR) is 66.5 cm³/mol. The van der Waals surface area contributed by atoms with Crippen LogP contribution < -0.4 is 0 Å². The first kappa shape index (κ1) is 13.5. The van der Waals surface area contributed by atoms with E-state index in [1.807, 2.05) is 0 Å². The van der Waals surface area contributed by atoms with Crippen LogP contribution in [0.25, 0.3) is 0 Å². The second-order valence-corrected chi connectivity index (χ2v) is 4.36. The summed E-state index contributed by atoms with van der Waals surface area (Å²) < 4.78 is 0. The van der Waals surface area contributed by atoms with Crippen molar-refractivity contribution in [1.29, 1.82) is 0 Å². The van der Waals surface area contributed by atoms with Gasteiger partial charge in [0.1, 0.15) is 0 Å². The van der Waals surface area contributed by atoms with Gasteiger partial charge in [-0.3, -0.25) is 0 Å². The van der Waals surface area contributed by atoms with Crippen LogP contribution in [-0.4, -0.2) is 0 Å². The van der Waals surface area contributed by atoms with E-state index in [1.165, 1.54) is 31.3 Å². The van der Waals surface area contributed by atoms with Crippen LogP contribution >= 0.6 is 0 Å². The van der Waals surface area contributed by atoms with Gasteiger partial charge >= 0.3 is 0 Å². The van der Waals surface area contributed by atoms with Crippen molar-refractivity contribution in [2.45, 2.75) is 59.8 Å². The Morgan fingerprint density at radius 2 is 1.93 bits per heavy atom. The average molecular weight is 194 g/mol. The topological polar surface area (TPSA) is 0 Å². The van der Waals surface area contributed by atoms with Gasteiger partial charge in [-0.15, -0.1) is 6.58 Å². The van der Waals surface area contributed by atoms with Crippen molar-refractivity contribution in [2.75, 3.05) is 0 Å². The van der Waals surface area contributed by atoms with Gasteiger partial charge in [-0.25, -0.2) is 0 Å². The molecule has 0 saturated heterocycles. The number of allylic oxidation sites excluding steroid dienone is 3. The van der Waals surface area contributed by atoms with Crippen molar-refractivity contribution < 1.29 is 0 Å². The van der Waals surface area contributed by atoms with Gasteiger partial charge in [0.2, 0.25) is 0 Å². The maximum atomic E-state index is 3.83. The summed E-state index contributed by atoms with van der Waals surface area (Å²) in [6.07, 6.45) is 8.31. The van der Waals surface area contributed by atoms with Gasteiger partial charge in [0.05, 0.1) is 0 Å². The van der Waals surface area contributed by atoms with Gasteiger partial charge in [0.25, 0.3) is 0 Å². The molecule has 0 heterocycles. The third-order valence-electron chi connectivity index (χ3n) is 2.87. The van der Waals surface area contributed by atoms with Crippen molar-refractivity contribution in [3.8, 4) is 0 Å². The molecule has 0 saturated carbocycles. The van der Waals surface area contributed by atoms with Gasteiger partial charge in [0, 0.05) is 0 Å². The summed E-state index contributed by atoms with van der Waals surface area (Å²) in [5.74, 6) is 0.809. The minimum Gasteiger partial charge on any atom is -0.103 e. The zero-order valence-corrected chi connectivity index (χ0v) is 10.4. The molecule has 0 aliphatic carbocycles. The fraction of sp³-hybridized carbons (Fsp3) is 0.714. The highest BCUT2D eigenvalue weighted by Gasteiger charge is 2.08. The fourth-order valence-electron chi connectivity index (χ4n) is 1.84. The monoisotopic (exact) mass is 194 g/mol. The Morgan fingerprint density at radius 3 is 2.29 bits per heavy atom. The molecule has 14 heavy (non-hydrogen) atoms. The second-order valence-electron chi connectivity index (χ2n) is 4.36. The molecule has 0 aromatic carbocycles. The number of hydrogen-bond donors (Lipinski definition) is 0. The Bertz CT molecular complexity index is 182. The molecule has 0 rings (SSSR count). The Balaban J connectivity index is 4.26. The molecule has 0 aliphatic heterocycles. The van der Waals surface area contributed by atoms with Crippen molar-refractivity contribution in [3.05, 3.63) is 23.8 Å². The van der Waals surface area contributed by atoms with Crippen LogP contribution in [0.4, 0.5) is 0 Å². The van der Waals surface area contributed by atoms with Crippen LogP contribution in [0.15, 0.2) is 23.8 Å². The van der Waals surface area contributed by atoms with E-state index in [9.17, 15) is 0 Å². The summed E-state index contributed by atoms with van der Waals surface area (Å²) in [7, 11) is 0. The molecular weight excluding hydrogens is 168 g/mol. The zero-order valence-electron chi connectivity index (χ0n) is 10.4. The Labute approximate surface area is 90.1 Å². The molecule has 0 spiro atoms. The number of rotatable bonds is 7. The SMILES string of the molecule is C=CCC(CC)CC(CCC)=C(C)C. The van der Waals surface area contributed by atoms with Crippen LogP contribution in [0.3, 0.4) is 0 Å². The molecule has 0 fully saturated rings. The molecule has 0 radical (unpaired) electrons. The van der Waals surface area contributed by atoms with Crippen molar-refractivity contribution in [2.24, 2.45) is 5.92 Å². The summed E-state index contributed by atoms with van der Waals surface area (Å²) in [5, 5.41) is 0. The molecule has 0 amide bonds.